The molecule has 1 aromatic heterocycles. The zero-order chi connectivity index (χ0) is 18.6. The minimum atomic E-state index is -1.11. The van der Waals surface area contributed by atoms with E-state index < -0.39 is 22.8 Å². The first kappa shape index (κ1) is 18.1. The number of carbonyl (C=O) groups is 2. The number of aromatic nitrogens is 2. The lowest BCUT2D eigenvalue weighted by atomic mass is 10.0. The number of nitrogens with one attached hydrogen (secondary N) is 1. The van der Waals surface area contributed by atoms with Crippen LogP contribution in [0.4, 0.5) is 5.69 Å². The molecule has 0 radical (unpaired) electrons. The van der Waals surface area contributed by atoms with E-state index in [2.05, 4.69) is 10.4 Å². The Morgan fingerprint density at radius 2 is 2.08 bits per heavy atom. The number of aliphatic carboxylic acids is 1. The number of carboxylic acids is 1. The van der Waals surface area contributed by atoms with Gasteiger partial charge in [-0.1, -0.05) is 19.9 Å². The molecule has 1 atom stereocenters. The lowest BCUT2D eigenvalue weighted by Gasteiger charge is -2.15. The second-order valence-corrected chi connectivity index (χ2v) is 5.92. The van der Waals surface area contributed by atoms with E-state index in [1.165, 1.54) is 35.1 Å². The van der Waals surface area contributed by atoms with E-state index in [9.17, 15) is 24.8 Å². The molecule has 2 rings (SSSR count). The molecule has 0 spiro atoms. The van der Waals surface area contributed by atoms with Crippen molar-refractivity contribution in [2.45, 2.75) is 26.3 Å². The van der Waals surface area contributed by atoms with Crippen LogP contribution < -0.4 is 5.32 Å². The van der Waals surface area contributed by atoms with Crippen LogP contribution in [0, 0.1) is 16.0 Å². The van der Waals surface area contributed by atoms with Gasteiger partial charge in [-0.2, -0.15) is 5.10 Å². The van der Waals surface area contributed by atoms with Crippen molar-refractivity contribution in [1.82, 2.24) is 15.1 Å². The lowest BCUT2D eigenvalue weighted by Crippen LogP contribution is -2.41. The summed E-state index contributed by atoms with van der Waals surface area (Å²) in [6.45, 7) is 3.72. The van der Waals surface area contributed by atoms with Gasteiger partial charge in [0.15, 0.2) is 5.69 Å². The van der Waals surface area contributed by atoms with E-state index in [1.807, 2.05) is 13.8 Å². The number of rotatable bonds is 7. The second-order valence-electron chi connectivity index (χ2n) is 5.92. The van der Waals surface area contributed by atoms with Gasteiger partial charge in [0, 0.05) is 18.3 Å². The standard InChI is InChI=1S/C16H18N4O5/c1-10(2)8-14(16(22)23)17-15(21)13-6-7-19(18-13)11-4-3-5-12(9-11)20(24)25/h3-7,9-10,14H,8H2,1-2H3,(H,17,21)(H,22,23)/t14-/m0/s1. The maximum atomic E-state index is 12.2. The molecule has 9 heteroatoms. The molecule has 2 aromatic rings. The number of carboxylic acid groups (broad SMARTS) is 1. The molecule has 0 aliphatic rings. The van der Waals surface area contributed by atoms with Crippen molar-refractivity contribution in [3.63, 3.8) is 0 Å². The molecule has 1 heterocycles. The molecular weight excluding hydrogens is 328 g/mol. The Hall–Kier alpha value is -3.23. The van der Waals surface area contributed by atoms with E-state index in [0.29, 0.717) is 12.1 Å². The van der Waals surface area contributed by atoms with Crippen molar-refractivity contribution in [2.75, 3.05) is 0 Å². The minimum absolute atomic E-state index is 0.0292. The first-order valence-electron chi connectivity index (χ1n) is 7.62. The van der Waals surface area contributed by atoms with E-state index in [4.69, 9.17) is 0 Å². The maximum Gasteiger partial charge on any atom is 0.326 e. The van der Waals surface area contributed by atoms with Crippen LogP contribution in [0.2, 0.25) is 0 Å². The van der Waals surface area contributed by atoms with Crippen molar-refractivity contribution in [1.29, 1.82) is 0 Å². The average Bonchev–Trinajstić information content (AvgIpc) is 3.04. The third kappa shape index (κ3) is 4.63. The Morgan fingerprint density at radius 3 is 2.68 bits per heavy atom. The van der Waals surface area contributed by atoms with Gasteiger partial charge in [-0.05, 0) is 24.5 Å². The highest BCUT2D eigenvalue weighted by molar-refractivity contribution is 5.94. The van der Waals surface area contributed by atoms with Gasteiger partial charge in [-0.25, -0.2) is 9.48 Å². The van der Waals surface area contributed by atoms with E-state index in [-0.39, 0.29) is 17.3 Å². The second kappa shape index (κ2) is 7.56. The molecule has 1 amide bonds. The summed E-state index contributed by atoms with van der Waals surface area (Å²) in [5.41, 5.74) is 0.355. The number of hydrogen-bond acceptors (Lipinski definition) is 5. The highest BCUT2D eigenvalue weighted by atomic mass is 16.6. The maximum absolute atomic E-state index is 12.2. The molecule has 0 saturated heterocycles. The summed E-state index contributed by atoms with van der Waals surface area (Å²) in [5, 5.41) is 26.5. The van der Waals surface area contributed by atoms with Gasteiger partial charge < -0.3 is 10.4 Å². The van der Waals surface area contributed by atoms with Crippen LogP contribution in [0.5, 0.6) is 0 Å². The summed E-state index contributed by atoms with van der Waals surface area (Å²) in [7, 11) is 0. The summed E-state index contributed by atoms with van der Waals surface area (Å²) in [4.78, 5) is 33.7. The molecule has 0 saturated carbocycles. The highest BCUT2D eigenvalue weighted by Crippen LogP contribution is 2.16. The molecule has 0 unspecified atom stereocenters. The van der Waals surface area contributed by atoms with Crippen LogP contribution in [0.25, 0.3) is 5.69 Å². The molecule has 0 aliphatic carbocycles. The third-order valence-electron chi connectivity index (χ3n) is 3.44. The van der Waals surface area contributed by atoms with Gasteiger partial charge in [0.1, 0.15) is 6.04 Å². The number of nitro groups is 1. The van der Waals surface area contributed by atoms with Gasteiger partial charge in [-0.3, -0.25) is 14.9 Å². The molecule has 0 fully saturated rings. The van der Waals surface area contributed by atoms with Gasteiger partial charge >= 0.3 is 5.97 Å². The van der Waals surface area contributed by atoms with Crippen LogP contribution in [-0.2, 0) is 4.79 Å². The summed E-state index contributed by atoms with van der Waals surface area (Å²) < 4.78 is 1.32. The zero-order valence-corrected chi connectivity index (χ0v) is 13.7. The number of carbonyl (C=O) groups excluding carboxylic acids is 1. The van der Waals surface area contributed by atoms with E-state index >= 15 is 0 Å². The van der Waals surface area contributed by atoms with Gasteiger partial charge in [0.2, 0.25) is 0 Å². The highest BCUT2D eigenvalue weighted by Gasteiger charge is 2.23. The molecule has 9 nitrogen and oxygen atoms in total. The van der Waals surface area contributed by atoms with E-state index in [1.54, 1.807) is 6.07 Å². The first-order chi connectivity index (χ1) is 11.8. The summed E-state index contributed by atoms with van der Waals surface area (Å²) >= 11 is 0. The first-order valence-corrected chi connectivity index (χ1v) is 7.62. The number of nitro benzene ring substituents is 1. The van der Waals surface area contributed by atoms with Crippen LogP contribution in [0.15, 0.2) is 36.5 Å². The molecule has 132 valence electrons. The summed E-state index contributed by atoms with van der Waals surface area (Å²) in [6.07, 6.45) is 1.78. The monoisotopic (exact) mass is 346 g/mol. The zero-order valence-electron chi connectivity index (χ0n) is 13.7. The van der Waals surface area contributed by atoms with Gasteiger partial charge in [0.05, 0.1) is 10.6 Å². The largest absolute Gasteiger partial charge is 0.480 e. The Bertz CT molecular complexity index is 799. The minimum Gasteiger partial charge on any atom is -0.480 e. The fraction of sp³-hybridized carbons (Fsp3) is 0.312. The fourth-order valence-corrected chi connectivity index (χ4v) is 2.26. The van der Waals surface area contributed by atoms with Crippen molar-refractivity contribution in [3.05, 3.63) is 52.3 Å². The smallest absolute Gasteiger partial charge is 0.326 e. The summed E-state index contributed by atoms with van der Waals surface area (Å²) in [6, 6.07) is 6.22. The normalized spacial score (nSPS) is 12.0. The Balaban J connectivity index is 2.17. The third-order valence-corrected chi connectivity index (χ3v) is 3.44. The van der Waals surface area contributed by atoms with Crippen LogP contribution in [0.3, 0.4) is 0 Å². The molecule has 25 heavy (non-hydrogen) atoms. The van der Waals surface area contributed by atoms with Crippen molar-refractivity contribution in [2.24, 2.45) is 5.92 Å². The average molecular weight is 346 g/mol. The van der Waals surface area contributed by atoms with Crippen LogP contribution in [0.1, 0.15) is 30.8 Å². The predicted molar refractivity (Wildman–Crippen MR) is 88.6 cm³/mol. The Labute approximate surface area is 143 Å². The quantitative estimate of drug-likeness (QED) is 0.583. The SMILES string of the molecule is CC(C)C[C@H](NC(=O)c1ccn(-c2cccc([N+](=O)[O-])c2)n1)C(=O)O. The van der Waals surface area contributed by atoms with Gasteiger partial charge in [-0.15, -0.1) is 0 Å². The molecule has 2 N–H and O–H groups in total. The molecule has 1 aromatic carbocycles. The molecule has 0 aliphatic heterocycles. The van der Waals surface area contributed by atoms with Crippen LogP contribution >= 0.6 is 0 Å². The fourth-order valence-electron chi connectivity index (χ4n) is 2.26. The number of nitrogens with zero attached hydrogens (tertiary/aromatic N) is 3. The van der Waals surface area contributed by atoms with E-state index in [0.717, 1.165) is 0 Å². The van der Waals surface area contributed by atoms with Crippen molar-refractivity contribution >= 4 is 17.6 Å². The van der Waals surface area contributed by atoms with Crippen molar-refractivity contribution in [3.8, 4) is 5.69 Å². The topological polar surface area (TPSA) is 127 Å². The predicted octanol–water partition coefficient (Wildman–Crippen LogP) is 2.01. The summed E-state index contributed by atoms with van der Waals surface area (Å²) in [5.74, 6) is -1.62. The van der Waals surface area contributed by atoms with Gasteiger partial charge in [0.25, 0.3) is 11.6 Å². The Morgan fingerprint density at radius 1 is 1.36 bits per heavy atom. The molecular formula is C16H18N4O5. The molecule has 0 bridgehead atoms. The number of hydrogen-bond donors (Lipinski definition) is 2. The number of amides is 1. The lowest BCUT2D eigenvalue weighted by molar-refractivity contribution is -0.384. The number of non-ortho nitro benzene ring substituents is 1. The van der Waals surface area contributed by atoms with Crippen LogP contribution in [-0.4, -0.2) is 37.7 Å². The Kier molecular flexibility index (Phi) is 5.48. The van der Waals surface area contributed by atoms with Crippen molar-refractivity contribution < 1.29 is 19.6 Å². The number of benzene rings is 1.